The summed E-state index contributed by atoms with van der Waals surface area (Å²) in [6.45, 7) is 10.9. The zero-order valence-corrected chi connectivity index (χ0v) is 15.2. The Labute approximate surface area is 139 Å². The van der Waals surface area contributed by atoms with Gasteiger partial charge in [-0.15, -0.1) is 0 Å². The average molecular weight is 322 g/mol. The van der Waals surface area contributed by atoms with E-state index in [0.29, 0.717) is 13.1 Å². The van der Waals surface area contributed by atoms with Crippen LogP contribution in [0.4, 0.5) is 4.79 Å². The first-order chi connectivity index (χ1) is 10.7. The number of ether oxygens (including phenoxy) is 2. The first kappa shape index (κ1) is 19.3. The molecule has 0 spiro atoms. The third kappa shape index (κ3) is 7.37. The number of aryl methyl sites for hydroxylation is 1. The van der Waals surface area contributed by atoms with E-state index in [1.807, 2.05) is 32.9 Å². The Kier molecular flexibility index (Phi) is 7.36. The number of methoxy groups -OCH3 is 1. The zero-order valence-electron chi connectivity index (χ0n) is 15.2. The van der Waals surface area contributed by atoms with Crippen molar-refractivity contribution in [3.05, 3.63) is 29.3 Å². The molecular weight excluding hydrogens is 292 g/mol. The molecule has 0 aliphatic heterocycles. The topological polar surface area (TPSA) is 59.6 Å². The standard InChI is InChI=1S/C18H30N2O3/c1-7-15(12-20-17(21)23-18(3,4)5)19-11-14-10-13(2)8-9-16(14)22-6/h8-10,15,19H,7,11-12H2,1-6H3,(H,20,21). The number of carbonyl (C=O) groups excluding carboxylic acids is 1. The minimum Gasteiger partial charge on any atom is -0.496 e. The summed E-state index contributed by atoms with van der Waals surface area (Å²) in [5.41, 5.74) is 1.83. The van der Waals surface area contributed by atoms with Crippen molar-refractivity contribution in [2.24, 2.45) is 0 Å². The summed E-state index contributed by atoms with van der Waals surface area (Å²) >= 11 is 0. The molecule has 0 aliphatic rings. The van der Waals surface area contributed by atoms with Crippen LogP contribution < -0.4 is 15.4 Å². The van der Waals surface area contributed by atoms with Crippen LogP contribution in [0.15, 0.2) is 18.2 Å². The highest BCUT2D eigenvalue weighted by Crippen LogP contribution is 2.19. The summed E-state index contributed by atoms with van der Waals surface area (Å²) in [5, 5.41) is 6.27. The van der Waals surface area contributed by atoms with Crippen molar-refractivity contribution in [2.45, 2.75) is 59.2 Å². The summed E-state index contributed by atoms with van der Waals surface area (Å²) < 4.78 is 10.6. The van der Waals surface area contributed by atoms with Gasteiger partial charge in [-0.2, -0.15) is 0 Å². The highest BCUT2D eigenvalue weighted by molar-refractivity contribution is 5.67. The monoisotopic (exact) mass is 322 g/mol. The SMILES string of the molecule is CCC(CNC(=O)OC(C)(C)C)NCc1cc(C)ccc1OC. The predicted molar refractivity (Wildman–Crippen MR) is 92.9 cm³/mol. The molecule has 5 heteroatoms. The van der Waals surface area contributed by atoms with E-state index in [0.717, 1.165) is 17.7 Å². The van der Waals surface area contributed by atoms with Crippen LogP contribution in [0, 0.1) is 6.92 Å². The lowest BCUT2D eigenvalue weighted by Gasteiger charge is -2.22. The van der Waals surface area contributed by atoms with Crippen molar-refractivity contribution in [3.8, 4) is 5.75 Å². The molecule has 0 saturated heterocycles. The van der Waals surface area contributed by atoms with Crippen molar-refractivity contribution in [2.75, 3.05) is 13.7 Å². The molecule has 0 aromatic heterocycles. The number of carbonyl (C=O) groups is 1. The summed E-state index contributed by atoms with van der Waals surface area (Å²) in [4.78, 5) is 11.7. The fourth-order valence-corrected chi connectivity index (χ4v) is 2.18. The van der Waals surface area contributed by atoms with Crippen molar-refractivity contribution < 1.29 is 14.3 Å². The van der Waals surface area contributed by atoms with Gasteiger partial charge in [-0.25, -0.2) is 4.79 Å². The van der Waals surface area contributed by atoms with E-state index in [1.165, 1.54) is 5.56 Å². The Morgan fingerprint density at radius 1 is 1.30 bits per heavy atom. The smallest absolute Gasteiger partial charge is 0.407 e. The number of benzene rings is 1. The molecule has 1 aromatic carbocycles. The normalized spacial score (nSPS) is 12.6. The second kappa shape index (κ2) is 8.77. The molecule has 5 nitrogen and oxygen atoms in total. The fraction of sp³-hybridized carbons (Fsp3) is 0.611. The van der Waals surface area contributed by atoms with E-state index in [4.69, 9.17) is 9.47 Å². The van der Waals surface area contributed by atoms with Gasteiger partial charge in [-0.1, -0.05) is 24.6 Å². The number of hydrogen-bond donors (Lipinski definition) is 2. The lowest BCUT2D eigenvalue weighted by atomic mass is 10.1. The van der Waals surface area contributed by atoms with Crippen LogP contribution in [0.2, 0.25) is 0 Å². The minimum atomic E-state index is -0.478. The summed E-state index contributed by atoms with van der Waals surface area (Å²) in [6.07, 6.45) is 0.523. The second-order valence-electron chi connectivity index (χ2n) is 6.68. The van der Waals surface area contributed by atoms with Gasteiger partial charge in [0.25, 0.3) is 0 Å². The minimum absolute atomic E-state index is 0.174. The van der Waals surface area contributed by atoms with Crippen LogP contribution in [0.3, 0.4) is 0 Å². The molecule has 0 saturated carbocycles. The van der Waals surface area contributed by atoms with Gasteiger partial charge in [-0.3, -0.25) is 0 Å². The summed E-state index contributed by atoms with van der Waals surface area (Å²) in [6, 6.07) is 6.29. The molecule has 1 rings (SSSR count). The number of nitrogens with one attached hydrogen (secondary N) is 2. The van der Waals surface area contributed by atoms with Crippen molar-refractivity contribution in [3.63, 3.8) is 0 Å². The van der Waals surface area contributed by atoms with Gasteiger partial charge >= 0.3 is 6.09 Å². The van der Waals surface area contributed by atoms with Crippen LogP contribution in [-0.2, 0) is 11.3 Å². The first-order valence-electron chi connectivity index (χ1n) is 8.09. The van der Waals surface area contributed by atoms with E-state index in [-0.39, 0.29) is 12.1 Å². The maximum atomic E-state index is 11.7. The van der Waals surface area contributed by atoms with Gasteiger partial charge in [0.2, 0.25) is 0 Å². The molecule has 23 heavy (non-hydrogen) atoms. The fourth-order valence-electron chi connectivity index (χ4n) is 2.18. The number of amides is 1. The molecule has 130 valence electrons. The first-order valence-corrected chi connectivity index (χ1v) is 8.09. The summed E-state index contributed by atoms with van der Waals surface area (Å²) in [7, 11) is 1.68. The third-order valence-corrected chi connectivity index (χ3v) is 3.40. The maximum absolute atomic E-state index is 11.7. The molecule has 0 bridgehead atoms. The van der Waals surface area contributed by atoms with Gasteiger partial charge in [0, 0.05) is 24.7 Å². The number of rotatable bonds is 7. The Bertz CT molecular complexity index is 509. The van der Waals surface area contributed by atoms with Crippen LogP contribution in [0.25, 0.3) is 0 Å². The Morgan fingerprint density at radius 2 is 2.00 bits per heavy atom. The van der Waals surface area contributed by atoms with E-state index >= 15 is 0 Å². The molecular formula is C18H30N2O3. The van der Waals surface area contributed by atoms with Crippen LogP contribution in [-0.4, -0.2) is 31.4 Å². The molecule has 0 heterocycles. The Balaban J connectivity index is 2.51. The second-order valence-corrected chi connectivity index (χ2v) is 6.68. The molecule has 0 aliphatic carbocycles. The molecule has 0 fully saturated rings. The van der Waals surface area contributed by atoms with E-state index in [1.54, 1.807) is 7.11 Å². The van der Waals surface area contributed by atoms with Crippen molar-refractivity contribution >= 4 is 6.09 Å². The third-order valence-electron chi connectivity index (χ3n) is 3.40. The van der Waals surface area contributed by atoms with Gasteiger partial charge in [0.1, 0.15) is 11.4 Å². The Hall–Kier alpha value is -1.75. The lowest BCUT2D eigenvalue weighted by Crippen LogP contribution is -2.42. The molecule has 1 amide bonds. The van der Waals surface area contributed by atoms with Gasteiger partial charge < -0.3 is 20.1 Å². The van der Waals surface area contributed by atoms with Gasteiger partial charge in [0.15, 0.2) is 0 Å². The highest BCUT2D eigenvalue weighted by atomic mass is 16.6. The maximum Gasteiger partial charge on any atom is 0.407 e. The van der Waals surface area contributed by atoms with Crippen LogP contribution >= 0.6 is 0 Å². The van der Waals surface area contributed by atoms with Gasteiger partial charge in [0.05, 0.1) is 7.11 Å². The quantitative estimate of drug-likeness (QED) is 0.808. The van der Waals surface area contributed by atoms with Crippen molar-refractivity contribution in [1.82, 2.24) is 10.6 Å². The van der Waals surface area contributed by atoms with E-state index in [2.05, 4.69) is 30.5 Å². The molecule has 0 radical (unpaired) electrons. The van der Waals surface area contributed by atoms with E-state index < -0.39 is 5.60 Å². The predicted octanol–water partition coefficient (Wildman–Crippen LogP) is 3.40. The summed E-state index contributed by atoms with van der Waals surface area (Å²) in [5.74, 6) is 0.873. The molecule has 2 N–H and O–H groups in total. The van der Waals surface area contributed by atoms with E-state index in [9.17, 15) is 4.79 Å². The largest absolute Gasteiger partial charge is 0.496 e. The number of hydrogen-bond acceptors (Lipinski definition) is 4. The van der Waals surface area contributed by atoms with Crippen LogP contribution in [0.5, 0.6) is 5.75 Å². The molecule has 1 atom stereocenters. The average Bonchev–Trinajstić information content (AvgIpc) is 2.45. The zero-order chi connectivity index (χ0) is 17.5. The molecule has 1 aromatic rings. The van der Waals surface area contributed by atoms with Gasteiger partial charge in [-0.05, 0) is 40.2 Å². The lowest BCUT2D eigenvalue weighted by molar-refractivity contribution is 0.0522. The molecule has 1 unspecified atom stereocenters. The Morgan fingerprint density at radius 3 is 2.57 bits per heavy atom. The highest BCUT2D eigenvalue weighted by Gasteiger charge is 2.17. The van der Waals surface area contributed by atoms with Crippen LogP contribution in [0.1, 0.15) is 45.2 Å². The van der Waals surface area contributed by atoms with Crippen molar-refractivity contribution in [1.29, 1.82) is 0 Å². The number of alkyl carbamates (subject to hydrolysis) is 1.